The van der Waals surface area contributed by atoms with Crippen molar-refractivity contribution in [3.8, 4) is 0 Å². The molecule has 1 N–H and O–H groups in total. The van der Waals surface area contributed by atoms with Crippen molar-refractivity contribution < 1.29 is 9.18 Å². The average molecular weight is 498 g/mol. The maximum Gasteiger partial charge on any atom is 0.322 e. The lowest BCUT2D eigenvalue weighted by Crippen LogP contribution is -2.35. The SMILES string of the molecule is CC(C)c1cccc(C(C)C)c1NC(=O)N(Cc1ccccc1)Cc1cccn1Cc1ccc(F)cc1. The molecule has 2 amide bonds. The third kappa shape index (κ3) is 6.67. The minimum absolute atomic E-state index is 0.131. The van der Waals surface area contributed by atoms with E-state index in [0.717, 1.165) is 33.6 Å². The fourth-order valence-electron chi connectivity index (χ4n) is 4.61. The number of nitrogens with one attached hydrogen (secondary N) is 1. The first kappa shape index (κ1) is 26.2. The van der Waals surface area contributed by atoms with Crippen LogP contribution in [0.2, 0.25) is 0 Å². The zero-order valence-corrected chi connectivity index (χ0v) is 22.1. The summed E-state index contributed by atoms with van der Waals surface area (Å²) in [6, 6.07) is 26.8. The van der Waals surface area contributed by atoms with Gasteiger partial charge in [-0.05, 0) is 58.4 Å². The Bertz CT molecular complexity index is 1280. The average Bonchev–Trinajstić information content (AvgIpc) is 3.31. The van der Waals surface area contributed by atoms with Crippen LogP contribution in [0.4, 0.5) is 14.9 Å². The Morgan fingerprint density at radius 3 is 2.05 bits per heavy atom. The van der Waals surface area contributed by atoms with Gasteiger partial charge in [-0.2, -0.15) is 0 Å². The molecule has 0 saturated carbocycles. The van der Waals surface area contributed by atoms with E-state index in [4.69, 9.17) is 0 Å². The van der Waals surface area contributed by atoms with E-state index in [1.807, 2.05) is 53.6 Å². The van der Waals surface area contributed by atoms with Crippen molar-refractivity contribution in [1.29, 1.82) is 0 Å². The van der Waals surface area contributed by atoms with Gasteiger partial charge in [0.1, 0.15) is 5.82 Å². The molecule has 0 unspecified atom stereocenters. The maximum absolute atomic E-state index is 13.9. The van der Waals surface area contributed by atoms with Gasteiger partial charge in [-0.3, -0.25) is 0 Å². The van der Waals surface area contributed by atoms with Gasteiger partial charge in [-0.15, -0.1) is 0 Å². The smallest absolute Gasteiger partial charge is 0.322 e. The molecule has 0 bridgehead atoms. The van der Waals surface area contributed by atoms with Gasteiger partial charge >= 0.3 is 6.03 Å². The van der Waals surface area contributed by atoms with Crippen LogP contribution in [0.1, 0.15) is 67.5 Å². The van der Waals surface area contributed by atoms with Crippen LogP contribution in [0, 0.1) is 5.82 Å². The lowest BCUT2D eigenvalue weighted by atomic mass is 9.93. The number of benzene rings is 3. The summed E-state index contributed by atoms with van der Waals surface area (Å²) in [7, 11) is 0. The number of rotatable bonds is 9. The highest BCUT2D eigenvalue weighted by atomic mass is 19.1. The van der Waals surface area contributed by atoms with E-state index in [1.54, 1.807) is 12.1 Å². The number of aromatic nitrogens is 1. The van der Waals surface area contributed by atoms with E-state index in [-0.39, 0.29) is 23.7 Å². The second kappa shape index (κ2) is 11.9. The van der Waals surface area contributed by atoms with Crippen molar-refractivity contribution in [3.63, 3.8) is 0 Å². The molecule has 0 aliphatic heterocycles. The number of anilines is 1. The monoisotopic (exact) mass is 497 g/mol. The minimum atomic E-state index is -0.246. The molecule has 0 aliphatic carbocycles. The molecule has 4 rings (SSSR count). The zero-order chi connectivity index (χ0) is 26.4. The number of carbonyl (C=O) groups excluding carboxylic acids is 1. The Morgan fingerprint density at radius 2 is 1.43 bits per heavy atom. The lowest BCUT2D eigenvalue weighted by molar-refractivity contribution is 0.205. The summed E-state index contributed by atoms with van der Waals surface area (Å²) in [6.07, 6.45) is 2.00. The van der Waals surface area contributed by atoms with E-state index in [1.165, 1.54) is 12.1 Å². The van der Waals surface area contributed by atoms with E-state index < -0.39 is 0 Å². The molecule has 0 aliphatic rings. The summed E-state index contributed by atoms with van der Waals surface area (Å²) in [5, 5.41) is 3.29. The van der Waals surface area contributed by atoms with Gasteiger partial charge in [-0.25, -0.2) is 9.18 Å². The highest BCUT2D eigenvalue weighted by molar-refractivity contribution is 5.91. The van der Waals surface area contributed by atoms with Crippen LogP contribution in [0.15, 0.2) is 91.1 Å². The van der Waals surface area contributed by atoms with Crippen molar-refractivity contribution in [3.05, 3.63) is 125 Å². The van der Waals surface area contributed by atoms with Gasteiger partial charge in [0.2, 0.25) is 0 Å². The van der Waals surface area contributed by atoms with E-state index in [2.05, 4.69) is 55.8 Å². The molecule has 3 aromatic carbocycles. The molecular formula is C32H36FN3O. The number of amides is 2. The predicted octanol–water partition coefficient (Wildman–Crippen LogP) is 8.16. The molecule has 37 heavy (non-hydrogen) atoms. The summed E-state index contributed by atoms with van der Waals surface area (Å²) in [4.78, 5) is 15.7. The van der Waals surface area contributed by atoms with Crippen LogP contribution in [-0.4, -0.2) is 15.5 Å². The number of halogens is 1. The predicted molar refractivity (Wildman–Crippen MR) is 149 cm³/mol. The molecule has 0 radical (unpaired) electrons. The van der Waals surface area contributed by atoms with Gasteiger partial charge in [0.25, 0.3) is 0 Å². The van der Waals surface area contributed by atoms with Gasteiger partial charge in [-0.1, -0.05) is 88.4 Å². The quantitative estimate of drug-likeness (QED) is 0.249. The van der Waals surface area contributed by atoms with Crippen LogP contribution in [0.3, 0.4) is 0 Å². The fourth-order valence-corrected chi connectivity index (χ4v) is 4.61. The largest absolute Gasteiger partial charge is 0.345 e. The second-order valence-corrected chi connectivity index (χ2v) is 10.1. The Labute approximate surface area is 219 Å². The Morgan fingerprint density at radius 1 is 0.784 bits per heavy atom. The summed E-state index contributed by atoms with van der Waals surface area (Å²) in [5.41, 5.74) is 6.27. The number of urea groups is 1. The van der Waals surface area contributed by atoms with E-state index in [9.17, 15) is 9.18 Å². The Hall–Kier alpha value is -3.86. The summed E-state index contributed by atoms with van der Waals surface area (Å²) < 4.78 is 15.5. The summed E-state index contributed by atoms with van der Waals surface area (Å²) in [5.74, 6) is 0.318. The standard InChI is InChI=1S/C32H36FN3O/c1-23(2)29-13-8-14-30(24(3)4)31(29)34-32(37)36(21-25-10-6-5-7-11-25)22-28-12-9-19-35(28)20-26-15-17-27(33)18-16-26/h5-19,23-24H,20-22H2,1-4H3,(H,34,37). The number of hydrogen-bond donors (Lipinski definition) is 1. The van der Waals surface area contributed by atoms with Crippen LogP contribution >= 0.6 is 0 Å². The molecule has 0 atom stereocenters. The third-order valence-corrected chi connectivity index (χ3v) is 6.65. The highest BCUT2D eigenvalue weighted by Crippen LogP contribution is 2.33. The van der Waals surface area contributed by atoms with Gasteiger partial charge in [0.05, 0.1) is 6.54 Å². The van der Waals surface area contributed by atoms with Crippen molar-refractivity contribution in [1.82, 2.24) is 9.47 Å². The number of hydrogen-bond acceptors (Lipinski definition) is 1. The van der Waals surface area contributed by atoms with Gasteiger partial charge in [0.15, 0.2) is 0 Å². The van der Waals surface area contributed by atoms with Crippen LogP contribution in [0.5, 0.6) is 0 Å². The normalized spacial score (nSPS) is 11.2. The maximum atomic E-state index is 13.9. The summed E-state index contributed by atoms with van der Waals surface area (Å²) in [6.45, 7) is 10.1. The minimum Gasteiger partial charge on any atom is -0.345 e. The molecular weight excluding hydrogens is 461 g/mol. The zero-order valence-electron chi connectivity index (χ0n) is 22.1. The molecule has 4 nitrogen and oxygen atoms in total. The third-order valence-electron chi connectivity index (χ3n) is 6.65. The highest BCUT2D eigenvalue weighted by Gasteiger charge is 2.21. The molecule has 0 spiro atoms. The molecule has 1 aromatic heterocycles. The molecule has 0 saturated heterocycles. The van der Waals surface area contributed by atoms with Crippen LogP contribution in [-0.2, 0) is 19.6 Å². The topological polar surface area (TPSA) is 37.3 Å². The lowest BCUT2D eigenvalue weighted by Gasteiger charge is -2.27. The summed E-state index contributed by atoms with van der Waals surface area (Å²) >= 11 is 0. The van der Waals surface area contributed by atoms with Gasteiger partial charge in [0, 0.05) is 30.7 Å². The molecule has 1 heterocycles. The number of para-hydroxylation sites is 1. The van der Waals surface area contributed by atoms with Crippen molar-refractivity contribution in [2.24, 2.45) is 0 Å². The van der Waals surface area contributed by atoms with Crippen LogP contribution in [0.25, 0.3) is 0 Å². The van der Waals surface area contributed by atoms with Crippen molar-refractivity contribution >= 4 is 11.7 Å². The molecule has 0 fully saturated rings. The first-order valence-corrected chi connectivity index (χ1v) is 12.9. The first-order valence-electron chi connectivity index (χ1n) is 12.9. The van der Waals surface area contributed by atoms with Crippen molar-refractivity contribution in [2.75, 3.05) is 5.32 Å². The Balaban J connectivity index is 1.63. The number of carbonyl (C=O) groups is 1. The van der Waals surface area contributed by atoms with Crippen LogP contribution < -0.4 is 5.32 Å². The van der Waals surface area contributed by atoms with E-state index in [0.29, 0.717) is 19.6 Å². The fraction of sp³-hybridized carbons (Fsp3) is 0.281. The second-order valence-electron chi connectivity index (χ2n) is 10.1. The molecule has 4 aromatic rings. The van der Waals surface area contributed by atoms with Crippen molar-refractivity contribution in [2.45, 2.75) is 59.2 Å². The Kier molecular flexibility index (Phi) is 8.44. The number of nitrogens with zero attached hydrogens (tertiary/aromatic N) is 2. The molecule has 5 heteroatoms. The van der Waals surface area contributed by atoms with E-state index >= 15 is 0 Å². The molecule has 192 valence electrons. The first-order chi connectivity index (χ1) is 17.8. The van der Waals surface area contributed by atoms with Gasteiger partial charge < -0.3 is 14.8 Å².